The number of rotatable bonds is 1. The molecule has 4 nitrogen and oxygen atoms in total. The Labute approximate surface area is 94.7 Å². The van der Waals surface area contributed by atoms with Gasteiger partial charge in [0.1, 0.15) is 5.69 Å². The standard InChI is InChI=1S/C12H15N3O/c16-12-11-9(3-1-6-14-11)8-15(12)10-4-2-5-13-7-10/h1,3,6,10,13H,2,4-5,7-8H2. The van der Waals surface area contributed by atoms with Crippen molar-refractivity contribution in [2.75, 3.05) is 13.1 Å². The number of hydrogen-bond acceptors (Lipinski definition) is 3. The van der Waals surface area contributed by atoms with E-state index in [1.54, 1.807) is 6.20 Å². The Balaban J connectivity index is 1.83. The largest absolute Gasteiger partial charge is 0.329 e. The summed E-state index contributed by atoms with van der Waals surface area (Å²) >= 11 is 0. The molecule has 2 aliphatic rings. The van der Waals surface area contributed by atoms with E-state index in [1.807, 2.05) is 17.0 Å². The van der Waals surface area contributed by atoms with Crippen molar-refractivity contribution in [3.63, 3.8) is 0 Å². The number of aromatic nitrogens is 1. The van der Waals surface area contributed by atoms with Crippen LogP contribution in [0, 0.1) is 0 Å². The highest BCUT2D eigenvalue weighted by molar-refractivity contribution is 5.96. The number of piperidine rings is 1. The average molecular weight is 217 g/mol. The Bertz CT molecular complexity index is 412. The van der Waals surface area contributed by atoms with E-state index in [9.17, 15) is 4.79 Å². The van der Waals surface area contributed by atoms with Gasteiger partial charge >= 0.3 is 0 Å². The highest BCUT2D eigenvalue weighted by Gasteiger charge is 2.33. The molecule has 4 heteroatoms. The van der Waals surface area contributed by atoms with Gasteiger partial charge in [-0.05, 0) is 25.5 Å². The van der Waals surface area contributed by atoms with Crippen LogP contribution in [0.2, 0.25) is 0 Å². The van der Waals surface area contributed by atoms with E-state index in [2.05, 4.69) is 10.3 Å². The van der Waals surface area contributed by atoms with Crippen molar-refractivity contribution in [2.24, 2.45) is 0 Å². The molecule has 3 rings (SSSR count). The summed E-state index contributed by atoms with van der Waals surface area (Å²) in [5.74, 6) is 0.101. The molecule has 1 aromatic rings. The molecular formula is C12H15N3O. The van der Waals surface area contributed by atoms with Gasteiger partial charge in [-0.2, -0.15) is 0 Å². The summed E-state index contributed by atoms with van der Waals surface area (Å²) in [6, 6.07) is 4.24. The van der Waals surface area contributed by atoms with Gasteiger partial charge in [-0.25, -0.2) is 0 Å². The van der Waals surface area contributed by atoms with Crippen LogP contribution in [0.25, 0.3) is 0 Å². The van der Waals surface area contributed by atoms with Gasteiger partial charge in [0, 0.05) is 30.9 Å². The first-order valence-corrected chi connectivity index (χ1v) is 5.82. The molecule has 3 heterocycles. The summed E-state index contributed by atoms with van der Waals surface area (Å²) in [7, 11) is 0. The molecule has 16 heavy (non-hydrogen) atoms. The SMILES string of the molecule is O=C1c2ncccc2CN1C1CCCNC1. The van der Waals surface area contributed by atoms with Crippen LogP contribution < -0.4 is 5.32 Å². The van der Waals surface area contributed by atoms with Gasteiger partial charge in [0.15, 0.2) is 0 Å². The zero-order valence-corrected chi connectivity index (χ0v) is 9.15. The lowest BCUT2D eigenvalue weighted by Crippen LogP contribution is -2.46. The van der Waals surface area contributed by atoms with Gasteiger partial charge in [-0.3, -0.25) is 9.78 Å². The third-order valence-corrected chi connectivity index (χ3v) is 3.41. The highest BCUT2D eigenvalue weighted by atomic mass is 16.2. The zero-order valence-electron chi connectivity index (χ0n) is 9.15. The van der Waals surface area contributed by atoms with Crippen molar-refractivity contribution in [1.82, 2.24) is 15.2 Å². The van der Waals surface area contributed by atoms with E-state index in [0.717, 1.165) is 38.0 Å². The number of hydrogen-bond donors (Lipinski definition) is 1. The predicted octanol–water partition coefficient (Wildman–Crippen LogP) is 0.789. The molecule has 1 unspecified atom stereocenters. The summed E-state index contributed by atoms with van der Waals surface area (Å²) in [6.45, 7) is 2.72. The third-order valence-electron chi connectivity index (χ3n) is 3.41. The van der Waals surface area contributed by atoms with E-state index >= 15 is 0 Å². The topological polar surface area (TPSA) is 45.2 Å². The van der Waals surface area contributed by atoms with Gasteiger partial charge in [0.25, 0.3) is 5.91 Å². The summed E-state index contributed by atoms with van der Waals surface area (Å²) in [5.41, 5.74) is 1.71. The fraction of sp³-hybridized carbons (Fsp3) is 0.500. The minimum atomic E-state index is 0.101. The predicted molar refractivity (Wildman–Crippen MR) is 60.0 cm³/mol. The van der Waals surface area contributed by atoms with Crippen LogP contribution in [-0.2, 0) is 6.54 Å². The van der Waals surface area contributed by atoms with Crippen LogP contribution in [-0.4, -0.2) is 34.9 Å². The zero-order chi connectivity index (χ0) is 11.0. The van der Waals surface area contributed by atoms with Gasteiger partial charge in [0.05, 0.1) is 0 Å². The second-order valence-electron chi connectivity index (χ2n) is 4.44. The molecule has 0 saturated carbocycles. The van der Waals surface area contributed by atoms with Crippen LogP contribution >= 0.6 is 0 Å². The smallest absolute Gasteiger partial charge is 0.273 e. The van der Waals surface area contributed by atoms with Crippen LogP contribution in [0.15, 0.2) is 18.3 Å². The number of nitrogens with zero attached hydrogens (tertiary/aromatic N) is 2. The minimum Gasteiger partial charge on any atom is -0.329 e. The monoisotopic (exact) mass is 217 g/mol. The van der Waals surface area contributed by atoms with E-state index in [0.29, 0.717) is 11.7 Å². The molecule has 0 aromatic carbocycles. The van der Waals surface area contributed by atoms with E-state index < -0.39 is 0 Å². The summed E-state index contributed by atoms with van der Waals surface area (Å²) in [6.07, 6.45) is 3.95. The minimum absolute atomic E-state index is 0.101. The Kier molecular flexibility index (Phi) is 2.36. The van der Waals surface area contributed by atoms with Crippen LogP contribution in [0.1, 0.15) is 28.9 Å². The second-order valence-corrected chi connectivity index (χ2v) is 4.44. The van der Waals surface area contributed by atoms with E-state index in [-0.39, 0.29) is 5.91 Å². The summed E-state index contributed by atoms with van der Waals surface area (Å²) < 4.78 is 0. The maximum absolute atomic E-state index is 12.1. The Morgan fingerprint density at radius 1 is 1.50 bits per heavy atom. The first-order chi connectivity index (χ1) is 7.86. The fourth-order valence-corrected chi connectivity index (χ4v) is 2.54. The van der Waals surface area contributed by atoms with Crippen LogP contribution in [0.5, 0.6) is 0 Å². The van der Waals surface area contributed by atoms with Crippen LogP contribution in [0.4, 0.5) is 0 Å². The first-order valence-electron chi connectivity index (χ1n) is 5.82. The lowest BCUT2D eigenvalue weighted by atomic mass is 10.1. The van der Waals surface area contributed by atoms with Gasteiger partial charge in [-0.15, -0.1) is 0 Å². The van der Waals surface area contributed by atoms with Gasteiger partial charge < -0.3 is 10.2 Å². The molecule has 1 N–H and O–H groups in total. The number of carbonyl (C=O) groups is 1. The van der Waals surface area contributed by atoms with Crippen LogP contribution in [0.3, 0.4) is 0 Å². The van der Waals surface area contributed by atoms with E-state index in [1.165, 1.54) is 0 Å². The molecule has 1 amide bonds. The molecule has 0 aliphatic carbocycles. The highest BCUT2D eigenvalue weighted by Crippen LogP contribution is 2.24. The quantitative estimate of drug-likeness (QED) is 0.756. The maximum Gasteiger partial charge on any atom is 0.273 e. The lowest BCUT2D eigenvalue weighted by Gasteiger charge is -2.31. The summed E-state index contributed by atoms with van der Waals surface area (Å²) in [5, 5.41) is 3.34. The Hall–Kier alpha value is -1.42. The van der Waals surface area contributed by atoms with Crippen molar-refractivity contribution in [2.45, 2.75) is 25.4 Å². The summed E-state index contributed by atoms with van der Waals surface area (Å²) in [4.78, 5) is 18.3. The molecule has 1 saturated heterocycles. The Morgan fingerprint density at radius 2 is 2.44 bits per heavy atom. The van der Waals surface area contributed by atoms with Gasteiger partial charge in [0.2, 0.25) is 0 Å². The van der Waals surface area contributed by atoms with Crippen molar-refractivity contribution in [3.8, 4) is 0 Å². The molecule has 1 atom stereocenters. The fourth-order valence-electron chi connectivity index (χ4n) is 2.54. The molecule has 84 valence electrons. The number of amides is 1. The normalized spacial score (nSPS) is 24.6. The maximum atomic E-state index is 12.1. The second kappa shape index (κ2) is 3.87. The van der Waals surface area contributed by atoms with Crippen molar-refractivity contribution >= 4 is 5.91 Å². The van der Waals surface area contributed by atoms with Crippen molar-refractivity contribution in [1.29, 1.82) is 0 Å². The average Bonchev–Trinajstić information content (AvgIpc) is 2.69. The van der Waals surface area contributed by atoms with Crippen molar-refractivity contribution < 1.29 is 4.79 Å². The molecule has 0 radical (unpaired) electrons. The van der Waals surface area contributed by atoms with E-state index in [4.69, 9.17) is 0 Å². The molecular weight excluding hydrogens is 202 g/mol. The lowest BCUT2D eigenvalue weighted by molar-refractivity contribution is 0.0670. The molecule has 0 spiro atoms. The molecule has 1 aromatic heterocycles. The molecule has 0 bridgehead atoms. The molecule has 1 fully saturated rings. The third kappa shape index (κ3) is 1.50. The first kappa shape index (κ1) is 9.78. The number of nitrogens with one attached hydrogen (secondary N) is 1. The number of carbonyl (C=O) groups excluding carboxylic acids is 1. The number of pyridine rings is 1. The van der Waals surface area contributed by atoms with Crippen molar-refractivity contribution in [3.05, 3.63) is 29.6 Å². The van der Waals surface area contributed by atoms with Gasteiger partial charge in [-0.1, -0.05) is 6.07 Å². The number of fused-ring (bicyclic) bond motifs is 1. The molecule has 2 aliphatic heterocycles. The Morgan fingerprint density at radius 3 is 3.19 bits per heavy atom.